The molecule has 0 spiro atoms. The fourth-order valence-corrected chi connectivity index (χ4v) is 6.17. The number of nitrogens with one attached hydrogen (secondary N) is 3. The quantitative estimate of drug-likeness (QED) is 0.192. The lowest BCUT2D eigenvalue weighted by Gasteiger charge is -2.25. The van der Waals surface area contributed by atoms with Gasteiger partial charge in [0.1, 0.15) is 12.1 Å². The van der Waals surface area contributed by atoms with Gasteiger partial charge in [0.2, 0.25) is 15.9 Å². The number of amides is 3. The molecule has 0 saturated carbocycles. The average molecular weight is 596 g/mol. The minimum Gasteiger partial charge on any atom is -0.480 e. The van der Waals surface area contributed by atoms with Crippen molar-refractivity contribution < 1.29 is 32.8 Å². The number of nitrogens with zero attached hydrogens (tertiary/aromatic N) is 2. The Morgan fingerprint density at radius 3 is 2.21 bits per heavy atom. The van der Waals surface area contributed by atoms with Crippen LogP contribution < -0.4 is 16.0 Å². The van der Waals surface area contributed by atoms with Crippen LogP contribution in [0.1, 0.15) is 18.4 Å². The van der Waals surface area contributed by atoms with E-state index in [9.17, 15) is 38.0 Å². The van der Waals surface area contributed by atoms with Crippen LogP contribution in [0.2, 0.25) is 0 Å². The van der Waals surface area contributed by atoms with E-state index < -0.39 is 51.5 Å². The first-order valence-corrected chi connectivity index (χ1v) is 14.5. The van der Waals surface area contributed by atoms with Crippen LogP contribution in [0.3, 0.4) is 0 Å². The number of nitro benzene ring substituents is 1. The normalized spacial score (nSPS) is 15.9. The third-order valence-corrected chi connectivity index (χ3v) is 8.68. The monoisotopic (exact) mass is 595 g/mol. The molecule has 4 N–H and O–H groups in total. The summed E-state index contributed by atoms with van der Waals surface area (Å²) in [7, 11) is -4.19. The number of carbonyl (C=O) groups is 3. The number of urea groups is 1. The molecule has 3 aromatic carbocycles. The molecule has 0 radical (unpaired) electrons. The van der Waals surface area contributed by atoms with Crippen LogP contribution in [0.15, 0.2) is 83.8 Å². The van der Waals surface area contributed by atoms with E-state index in [-0.39, 0.29) is 30.1 Å². The van der Waals surface area contributed by atoms with Crippen molar-refractivity contribution in [3.63, 3.8) is 0 Å². The Labute approximate surface area is 241 Å². The first-order chi connectivity index (χ1) is 20.1. The third kappa shape index (κ3) is 7.27. The summed E-state index contributed by atoms with van der Waals surface area (Å²) in [6.45, 7) is -0.244. The van der Waals surface area contributed by atoms with Crippen molar-refractivity contribution in [3.8, 4) is 11.1 Å². The summed E-state index contributed by atoms with van der Waals surface area (Å²) in [5.74, 6) is -2.24. The van der Waals surface area contributed by atoms with Crippen LogP contribution >= 0.6 is 0 Å². The van der Waals surface area contributed by atoms with E-state index in [4.69, 9.17) is 0 Å². The zero-order valence-corrected chi connectivity index (χ0v) is 23.1. The van der Waals surface area contributed by atoms with Crippen LogP contribution in [0, 0.1) is 10.1 Å². The van der Waals surface area contributed by atoms with Crippen molar-refractivity contribution >= 4 is 33.6 Å². The lowest BCUT2D eigenvalue weighted by Crippen LogP contribution is -2.54. The molecule has 14 heteroatoms. The number of hydrogen-bond acceptors (Lipinski definition) is 7. The maximum Gasteiger partial charge on any atom is 0.328 e. The van der Waals surface area contributed by atoms with Crippen LogP contribution in [0.5, 0.6) is 0 Å². The predicted octanol–water partition coefficient (Wildman–Crippen LogP) is 2.48. The van der Waals surface area contributed by atoms with E-state index >= 15 is 0 Å². The summed E-state index contributed by atoms with van der Waals surface area (Å²) < 4.78 is 27.2. The molecule has 3 amide bonds. The Kier molecular flexibility index (Phi) is 9.49. The van der Waals surface area contributed by atoms with E-state index in [1.54, 1.807) is 0 Å². The number of aliphatic carboxylic acids is 1. The lowest BCUT2D eigenvalue weighted by atomic mass is 10.0. The van der Waals surface area contributed by atoms with E-state index in [1.165, 1.54) is 0 Å². The summed E-state index contributed by atoms with van der Waals surface area (Å²) in [5, 5.41) is 27.9. The highest BCUT2D eigenvalue weighted by Gasteiger charge is 2.40. The first-order valence-electron chi connectivity index (χ1n) is 13.0. The van der Waals surface area contributed by atoms with Gasteiger partial charge in [-0.3, -0.25) is 14.9 Å². The van der Waals surface area contributed by atoms with E-state index in [0.29, 0.717) is 6.42 Å². The van der Waals surface area contributed by atoms with Crippen LogP contribution in [0.25, 0.3) is 11.1 Å². The molecule has 1 aliphatic rings. The van der Waals surface area contributed by atoms with Gasteiger partial charge in [-0.15, -0.1) is 0 Å². The summed E-state index contributed by atoms with van der Waals surface area (Å²) in [5.41, 5.74) is 2.61. The molecule has 13 nitrogen and oxygen atoms in total. The zero-order chi connectivity index (χ0) is 30.3. The Morgan fingerprint density at radius 2 is 1.60 bits per heavy atom. The summed E-state index contributed by atoms with van der Waals surface area (Å²) >= 11 is 0. The second kappa shape index (κ2) is 13.2. The van der Waals surface area contributed by atoms with E-state index in [0.717, 1.165) is 45.3 Å². The number of hydrogen-bond donors (Lipinski definition) is 4. The largest absolute Gasteiger partial charge is 0.480 e. The second-order valence-electron chi connectivity index (χ2n) is 9.55. The fourth-order valence-electron chi connectivity index (χ4n) is 4.52. The van der Waals surface area contributed by atoms with Gasteiger partial charge in [0.15, 0.2) is 0 Å². The van der Waals surface area contributed by atoms with Crippen molar-refractivity contribution in [3.05, 3.63) is 94.5 Å². The van der Waals surface area contributed by atoms with Gasteiger partial charge in [-0.2, -0.15) is 4.31 Å². The summed E-state index contributed by atoms with van der Waals surface area (Å²) in [4.78, 5) is 47.1. The van der Waals surface area contributed by atoms with Crippen molar-refractivity contribution in [2.45, 2.75) is 36.4 Å². The van der Waals surface area contributed by atoms with Gasteiger partial charge in [-0.05, 0) is 41.7 Å². The molecule has 0 aliphatic carbocycles. The fraction of sp³-hybridized carbons (Fsp3) is 0.250. The van der Waals surface area contributed by atoms with E-state index in [2.05, 4.69) is 16.0 Å². The molecular formula is C28H29N5O8S. The highest BCUT2D eigenvalue weighted by atomic mass is 32.2. The number of carbonyl (C=O) groups excluding carboxylic acids is 2. The standard InChI is InChI=1S/C28H29N5O8S/c34-26(25-7-4-16-32(25)42(40,41)23-14-12-22(13-15-23)33(38)39)31-24(27(35)36)18-30-28(37)29-17-19-8-10-21(11-9-19)20-5-2-1-3-6-20/h1-3,5-6,8-15,24-25H,4,7,16-18H2,(H,31,34)(H,35,36)(H2,29,30,37)/t24-,25-/m0/s1. The smallest absolute Gasteiger partial charge is 0.328 e. The number of carboxylic acids is 1. The van der Waals surface area contributed by atoms with Crippen LogP contribution in [-0.2, 0) is 26.2 Å². The number of sulfonamides is 1. The highest BCUT2D eigenvalue weighted by Crippen LogP contribution is 2.27. The predicted molar refractivity (Wildman–Crippen MR) is 152 cm³/mol. The molecule has 2 atom stereocenters. The number of benzene rings is 3. The van der Waals surface area contributed by atoms with Crippen molar-refractivity contribution in [1.82, 2.24) is 20.3 Å². The molecule has 42 heavy (non-hydrogen) atoms. The van der Waals surface area contributed by atoms with Gasteiger partial charge < -0.3 is 21.1 Å². The molecule has 1 saturated heterocycles. The molecule has 220 valence electrons. The highest BCUT2D eigenvalue weighted by molar-refractivity contribution is 7.89. The topological polar surface area (TPSA) is 188 Å². The Morgan fingerprint density at radius 1 is 0.952 bits per heavy atom. The summed E-state index contributed by atoms with van der Waals surface area (Å²) in [6.07, 6.45) is 0.510. The Bertz CT molecular complexity index is 1550. The number of rotatable bonds is 11. The van der Waals surface area contributed by atoms with Gasteiger partial charge in [-0.25, -0.2) is 18.0 Å². The molecule has 4 rings (SSSR count). The molecule has 1 aliphatic heterocycles. The molecule has 0 unspecified atom stereocenters. The molecular weight excluding hydrogens is 566 g/mol. The molecule has 0 aromatic heterocycles. The van der Waals surface area contributed by atoms with Crippen molar-refractivity contribution in [2.24, 2.45) is 0 Å². The number of carboxylic acid groups (broad SMARTS) is 1. The number of nitro groups is 1. The zero-order valence-electron chi connectivity index (χ0n) is 22.3. The average Bonchev–Trinajstić information content (AvgIpc) is 3.50. The third-order valence-electron chi connectivity index (χ3n) is 6.76. The molecule has 0 bridgehead atoms. The van der Waals surface area contributed by atoms with Crippen LogP contribution in [-0.4, -0.2) is 65.8 Å². The van der Waals surface area contributed by atoms with Crippen molar-refractivity contribution in [1.29, 1.82) is 0 Å². The lowest BCUT2D eigenvalue weighted by molar-refractivity contribution is -0.384. The minimum absolute atomic E-state index is 0.0160. The van der Waals surface area contributed by atoms with Gasteiger partial charge in [0.25, 0.3) is 5.69 Å². The van der Waals surface area contributed by atoms with E-state index in [1.807, 2.05) is 54.6 Å². The summed E-state index contributed by atoms with van der Waals surface area (Å²) in [6, 6.07) is 18.3. The second-order valence-corrected chi connectivity index (χ2v) is 11.4. The maximum absolute atomic E-state index is 13.1. The Hall–Kier alpha value is -4.82. The number of non-ortho nitro benzene ring substituents is 1. The van der Waals surface area contributed by atoms with Gasteiger partial charge in [0.05, 0.1) is 16.4 Å². The van der Waals surface area contributed by atoms with Gasteiger partial charge in [0, 0.05) is 25.2 Å². The maximum atomic E-state index is 13.1. The minimum atomic E-state index is -4.19. The molecule has 1 fully saturated rings. The van der Waals surface area contributed by atoms with Gasteiger partial charge >= 0.3 is 12.0 Å². The molecule has 3 aromatic rings. The van der Waals surface area contributed by atoms with Crippen molar-refractivity contribution in [2.75, 3.05) is 13.1 Å². The first kappa shape index (κ1) is 30.1. The van der Waals surface area contributed by atoms with Crippen LogP contribution in [0.4, 0.5) is 10.5 Å². The van der Waals surface area contributed by atoms with Gasteiger partial charge in [-0.1, -0.05) is 54.6 Å². The Balaban J connectivity index is 1.31. The SMILES string of the molecule is O=C(NCc1ccc(-c2ccccc2)cc1)NC[C@H](NC(=O)[C@@H]1CCCN1S(=O)(=O)c1ccc([N+](=O)[O-])cc1)C(=O)O. The molecule has 1 heterocycles.